The second-order valence-electron chi connectivity index (χ2n) is 6.31. The van der Waals surface area contributed by atoms with E-state index in [9.17, 15) is 0 Å². The molecule has 0 N–H and O–H groups in total. The maximum absolute atomic E-state index is 5.65. The van der Waals surface area contributed by atoms with Crippen LogP contribution in [0.3, 0.4) is 0 Å². The first-order chi connectivity index (χ1) is 12.2. The molecule has 0 radical (unpaired) electrons. The van der Waals surface area contributed by atoms with Crippen molar-refractivity contribution < 1.29 is 0 Å². The monoisotopic (exact) mass is 384 g/mol. The van der Waals surface area contributed by atoms with Gasteiger partial charge in [-0.25, -0.2) is 0 Å². The van der Waals surface area contributed by atoms with Crippen LogP contribution in [-0.4, -0.2) is 26.2 Å². The molecule has 5 heteroatoms. The average molecular weight is 385 g/mol. The molecule has 0 amide bonds. The minimum Gasteiger partial charge on any atom is -0.368 e. The van der Waals surface area contributed by atoms with Crippen molar-refractivity contribution in [1.82, 2.24) is 0 Å². The van der Waals surface area contributed by atoms with Crippen molar-refractivity contribution in [2.24, 2.45) is 0 Å². The molecular formula is C20H20N2S3. The Bertz CT molecular complexity index is 889. The van der Waals surface area contributed by atoms with Gasteiger partial charge < -0.3 is 9.80 Å². The third-order valence-corrected chi connectivity index (χ3v) is 7.70. The van der Waals surface area contributed by atoms with Gasteiger partial charge in [-0.3, -0.25) is 0 Å². The Morgan fingerprint density at radius 3 is 2.12 bits per heavy atom. The van der Waals surface area contributed by atoms with Crippen LogP contribution in [0.15, 0.2) is 54.6 Å². The van der Waals surface area contributed by atoms with E-state index in [0.29, 0.717) is 0 Å². The number of piperazine rings is 1. The van der Waals surface area contributed by atoms with Crippen LogP contribution in [-0.2, 0) is 0 Å². The fourth-order valence-corrected chi connectivity index (χ4v) is 6.20. The topological polar surface area (TPSA) is 6.48 Å². The van der Waals surface area contributed by atoms with Gasteiger partial charge in [0.15, 0.2) is 0 Å². The van der Waals surface area contributed by atoms with Gasteiger partial charge in [0.2, 0.25) is 0 Å². The standard InChI is InChI=1S/C20H20N2S3/c1-15-7-9-16(10-8-15)18-19(24-25-20(18)23)22-13-11-21(12-14-22)17-5-3-2-4-6-17/h2-10H,11-14H2,1H3. The summed E-state index contributed by atoms with van der Waals surface area (Å²) < 4.78 is 1.01. The van der Waals surface area contributed by atoms with Gasteiger partial charge in [0.1, 0.15) is 8.82 Å². The Morgan fingerprint density at radius 1 is 0.800 bits per heavy atom. The van der Waals surface area contributed by atoms with Gasteiger partial charge in [-0.05, 0) is 24.6 Å². The second kappa shape index (κ2) is 7.28. The lowest BCUT2D eigenvalue weighted by Gasteiger charge is -2.37. The quantitative estimate of drug-likeness (QED) is 0.414. The molecule has 4 rings (SSSR count). The fourth-order valence-electron chi connectivity index (χ4n) is 3.23. The van der Waals surface area contributed by atoms with Crippen LogP contribution in [0.5, 0.6) is 0 Å². The number of para-hydroxylation sites is 1. The first kappa shape index (κ1) is 16.8. The van der Waals surface area contributed by atoms with Crippen LogP contribution in [0.1, 0.15) is 5.56 Å². The van der Waals surface area contributed by atoms with E-state index in [1.165, 1.54) is 27.4 Å². The maximum Gasteiger partial charge on any atom is 0.112 e. The van der Waals surface area contributed by atoms with Crippen molar-refractivity contribution in [2.75, 3.05) is 36.0 Å². The molecule has 1 aliphatic heterocycles. The Balaban J connectivity index is 1.56. The van der Waals surface area contributed by atoms with Gasteiger partial charge in [-0.2, -0.15) is 0 Å². The van der Waals surface area contributed by atoms with Gasteiger partial charge in [-0.15, -0.1) is 0 Å². The second-order valence-corrected chi connectivity index (χ2v) is 9.10. The van der Waals surface area contributed by atoms with E-state index in [1.54, 1.807) is 10.3 Å². The van der Waals surface area contributed by atoms with Crippen molar-refractivity contribution in [3.63, 3.8) is 0 Å². The first-order valence-electron chi connectivity index (χ1n) is 8.47. The normalized spacial score (nSPS) is 14.8. The number of hydrogen-bond donors (Lipinski definition) is 0. The largest absolute Gasteiger partial charge is 0.368 e. The summed E-state index contributed by atoms with van der Waals surface area (Å²) in [4.78, 5) is 4.97. The zero-order valence-electron chi connectivity index (χ0n) is 14.1. The molecule has 2 aromatic carbocycles. The Hall–Kier alpha value is -1.69. The number of anilines is 2. The van der Waals surface area contributed by atoms with Gasteiger partial charge in [0, 0.05) is 37.4 Å². The summed E-state index contributed by atoms with van der Waals surface area (Å²) in [5.41, 5.74) is 5.09. The van der Waals surface area contributed by atoms with Crippen LogP contribution in [0.2, 0.25) is 0 Å². The molecule has 128 valence electrons. The van der Waals surface area contributed by atoms with Crippen molar-refractivity contribution in [1.29, 1.82) is 0 Å². The molecule has 0 spiro atoms. The molecule has 0 aliphatic carbocycles. The van der Waals surface area contributed by atoms with Crippen molar-refractivity contribution in [3.8, 4) is 11.1 Å². The van der Waals surface area contributed by atoms with Gasteiger partial charge in [0.05, 0.1) is 0 Å². The van der Waals surface area contributed by atoms with Crippen LogP contribution in [0.25, 0.3) is 11.1 Å². The molecule has 1 aliphatic rings. The molecule has 0 atom stereocenters. The zero-order valence-corrected chi connectivity index (χ0v) is 16.6. The molecule has 1 fully saturated rings. The predicted octanol–water partition coefficient (Wildman–Crippen LogP) is 5.84. The molecule has 3 aromatic rings. The summed E-state index contributed by atoms with van der Waals surface area (Å²) in [6, 6.07) is 19.4. The maximum atomic E-state index is 5.65. The average Bonchev–Trinajstić information content (AvgIpc) is 3.05. The summed E-state index contributed by atoms with van der Waals surface area (Å²) >= 11 is 5.65. The van der Waals surface area contributed by atoms with Gasteiger partial charge in [0.25, 0.3) is 0 Å². The summed E-state index contributed by atoms with van der Waals surface area (Å²) in [5, 5.41) is 1.34. The molecule has 1 saturated heterocycles. The third kappa shape index (κ3) is 3.50. The number of nitrogens with zero attached hydrogens (tertiary/aromatic N) is 2. The summed E-state index contributed by atoms with van der Waals surface area (Å²) in [6.45, 7) is 6.29. The van der Waals surface area contributed by atoms with Crippen molar-refractivity contribution >= 4 is 43.6 Å². The van der Waals surface area contributed by atoms with Crippen LogP contribution >= 0.6 is 32.9 Å². The summed E-state index contributed by atoms with van der Waals surface area (Å²) in [7, 11) is 3.55. The minimum absolute atomic E-state index is 1.01. The molecule has 0 unspecified atom stereocenters. The van der Waals surface area contributed by atoms with Gasteiger partial charge in [-0.1, -0.05) is 80.9 Å². The van der Waals surface area contributed by atoms with Crippen LogP contribution in [0, 0.1) is 10.7 Å². The van der Waals surface area contributed by atoms with E-state index in [2.05, 4.69) is 71.3 Å². The highest BCUT2D eigenvalue weighted by Crippen LogP contribution is 2.41. The van der Waals surface area contributed by atoms with E-state index in [4.69, 9.17) is 12.2 Å². The molecule has 2 nitrogen and oxygen atoms in total. The highest BCUT2D eigenvalue weighted by atomic mass is 32.9. The van der Waals surface area contributed by atoms with E-state index in [1.807, 2.05) is 10.3 Å². The third-order valence-electron chi connectivity index (χ3n) is 4.64. The van der Waals surface area contributed by atoms with Crippen molar-refractivity contribution in [3.05, 3.63) is 64.0 Å². The number of hydrogen-bond acceptors (Lipinski definition) is 5. The Kier molecular flexibility index (Phi) is 4.88. The fraction of sp³-hybridized carbons (Fsp3) is 0.250. The van der Waals surface area contributed by atoms with E-state index in [0.717, 1.165) is 30.0 Å². The SMILES string of the molecule is Cc1ccc(-c2c(N3CCN(c4ccccc4)CC3)ssc2=S)cc1. The van der Waals surface area contributed by atoms with E-state index < -0.39 is 0 Å². The number of benzene rings is 2. The molecule has 25 heavy (non-hydrogen) atoms. The van der Waals surface area contributed by atoms with Crippen LogP contribution < -0.4 is 9.80 Å². The Morgan fingerprint density at radius 2 is 1.44 bits per heavy atom. The lowest BCUT2D eigenvalue weighted by molar-refractivity contribution is 0.657. The number of aryl methyl sites for hydroxylation is 1. The highest BCUT2D eigenvalue weighted by molar-refractivity contribution is 7.80. The lowest BCUT2D eigenvalue weighted by Crippen LogP contribution is -2.46. The zero-order chi connectivity index (χ0) is 17.2. The molecule has 0 bridgehead atoms. The van der Waals surface area contributed by atoms with Crippen LogP contribution in [0.4, 0.5) is 10.7 Å². The Labute approximate surface area is 161 Å². The van der Waals surface area contributed by atoms with Crippen molar-refractivity contribution in [2.45, 2.75) is 6.92 Å². The summed E-state index contributed by atoms with van der Waals surface area (Å²) in [6.07, 6.45) is 0. The van der Waals surface area contributed by atoms with E-state index in [-0.39, 0.29) is 0 Å². The number of rotatable bonds is 3. The molecule has 0 saturated carbocycles. The highest BCUT2D eigenvalue weighted by Gasteiger charge is 2.22. The molecule has 2 heterocycles. The minimum atomic E-state index is 1.01. The summed E-state index contributed by atoms with van der Waals surface area (Å²) in [5.74, 6) is 0. The van der Waals surface area contributed by atoms with Gasteiger partial charge >= 0.3 is 0 Å². The smallest absolute Gasteiger partial charge is 0.112 e. The predicted molar refractivity (Wildman–Crippen MR) is 114 cm³/mol. The lowest BCUT2D eigenvalue weighted by atomic mass is 10.1. The first-order valence-corrected chi connectivity index (χ1v) is 11.0. The molecule has 1 aromatic heterocycles. The van der Waals surface area contributed by atoms with E-state index >= 15 is 0 Å². The molecular weight excluding hydrogens is 364 g/mol.